The molecule has 0 bridgehead atoms. The van der Waals surface area contributed by atoms with Gasteiger partial charge in [-0.1, -0.05) is 20.3 Å². The molecule has 98 valence electrons. The Bertz CT molecular complexity index is 458. The summed E-state index contributed by atoms with van der Waals surface area (Å²) in [5.41, 5.74) is 8.97. The monoisotopic (exact) mass is 247 g/mol. The third-order valence-electron chi connectivity index (χ3n) is 4.44. The Labute approximate surface area is 108 Å². The maximum Gasteiger partial charge on any atom is 0.231 e. The Kier molecular flexibility index (Phi) is 2.74. The number of hydrogen-bond acceptors (Lipinski definition) is 3. The summed E-state index contributed by atoms with van der Waals surface area (Å²) in [6, 6.07) is 4.32. The first kappa shape index (κ1) is 11.8. The van der Waals surface area contributed by atoms with Crippen molar-refractivity contribution in [2.24, 2.45) is 5.73 Å². The number of fused-ring (bicyclic) bond motifs is 1. The largest absolute Gasteiger partial charge is 0.454 e. The molecule has 2 aliphatic rings. The summed E-state index contributed by atoms with van der Waals surface area (Å²) in [5, 5.41) is 0. The maximum absolute atomic E-state index is 6.04. The molecule has 0 saturated heterocycles. The molecule has 3 nitrogen and oxygen atoms in total. The van der Waals surface area contributed by atoms with E-state index >= 15 is 0 Å². The van der Waals surface area contributed by atoms with E-state index < -0.39 is 0 Å². The predicted molar refractivity (Wildman–Crippen MR) is 71.2 cm³/mol. The summed E-state index contributed by atoms with van der Waals surface area (Å²) < 4.78 is 11.0. The zero-order valence-corrected chi connectivity index (χ0v) is 11.2. The van der Waals surface area contributed by atoms with Gasteiger partial charge < -0.3 is 15.2 Å². The number of rotatable bonds is 3. The van der Waals surface area contributed by atoms with E-state index in [1.54, 1.807) is 0 Å². The second-order valence-electron chi connectivity index (χ2n) is 5.79. The molecule has 2 N–H and O–H groups in total. The summed E-state index contributed by atoms with van der Waals surface area (Å²) in [5.74, 6) is 2.25. The van der Waals surface area contributed by atoms with Crippen LogP contribution < -0.4 is 15.2 Å². The molecular weight excluding hydrogens is 226 g/mol. The van der Waals surface area contributed by atoms with Gasteiger partial charge in [-0.05, 0) is 42.0 Å². The van der Waals surface area contributed by atoms with Crippen LogP contribution in [-0.4, -0.2) is 13.3 Å². The van der Waals surface area contributed by atoms with Crippen molar-refractivity contribution in [3.05, 3.63) is 23.3 Å². The lowest BCUT2D eigenvalue weighted by molar-refractivity contribution is 0.173. The maximum atomic E-state index is 6.04. The molecule has 1 heterocycles. The molecule has 1 fully saturated rings. The zero-order chi connectivity index (χ0) is 12.8. The predicted octanol–water partition coefficient (Wildman–Crippen LogP) is 2.92. The molecule has 0 spiro atoms. The van der Waals surface area contributed by atoms with E-state index in [4.69, 9.17) is 15.2 Å². The van der Waals surface area contributed by atoms with Crippen molar-refractivity contribution in [3.63, 3.8) is 0 Å². The van der Waals surface area contributed by atoms with Crippen LogP contribution in [0.25, 0.3) is 0 Å². The van der Waals surface area contributed by atoms with Crippen molar-refractivity contribution < 1.29 is 9.47 Å². The summed E-state index contributed by atoms with van der Waals surface area (Å²) in [4.78, 5) is 0. The molecule has 0 unspecified atom stereocenters. The highest BCUT2D eigenvalue weighted by Gasteiger charge is 2.40. The lowest BCUT2D eigenvalue weighted by Crippen LogP contribution is -2.42. The highest BCUT2D eigenvalue weighted by molar-refractivity contribution is 5.52. The molecule has 1 aliphatic carbocycles. The molecule has 1 aromatic rings. The summed E-state index contributed by atoms with van der Waals surface area (Å²) in [7, 11) is 0. The molecule has 1 saturated carbocycles. The van der Waals surface area contributed by atoms with Crippen LogP contribution in [0.15, 0.2) is 12.1 Å². The van der Waals surface area contributed by atoms with Gasteiger partial charge >= 0.3 is 0 Å². The topological polar surface area (TPSA) is 44.5 Å². The second kappa shape index (κ2) is 4.16. The van der Waals surface area contributed by atoms with Crippen LogP contribution in [0.3, 0.4) is 0 Å². The van der Waals surface area contributed by atoms with E-state index in [2.05, 4.69) is 26.0 Å². The van der Waals surface area contributed by atoms with Crippen LogP contribution in [0.1, 0.15) is 50.2 Å². The Hall–Kier alpha value is -1.22. The van der Waals surface area contributed by atoms with E-state index in [1.165, 1.54) is 30.4 Å². The average Bonchev–Trinajstić information content (AvgIpc) is 2.74. The molecule has 1 aromatic carbocycles. The van der Waals surface area contributed by atoms with Crippen molar-refractivity contribution in [1.82, 2.24) is 0 Å². The van der Waals surface area contributed by atoms with Gasteiger partial charge in [0, 0.05) is 12.0 Å². The lowest BCUT2D eigenvalue weighted by atomic mass is 9.62. The second-order valence-corrected chi connectivity index (χ2v) is 5.79. The standard InChI is InChI=1S/C15H21NO2/c1-10(2)11-6-13-14(18-9-17-13)7-12(11)15(8-16)4-3-5-15/h6-7,10H,3-5,8-9,16H2,1-2H3. The number of ether oxygens (including phenoxy) is 2. The molecular formula is C15H21NO2. The summed E-state index contributed by atoms with van der Waals surface area (Å²) in [6.45, 7) is 5.52. The minimum Gasteiger partial charge on any atom is -0.454 e. The van der Waals surface area contributed by atoms with Gasteiger partial charge in [0.05, 0.1) is 0 Å². The van der Waals surface area contributed by atoms with Crippen LogP contribution in [0.5, 0.6) is 11.5 Å². The van der Waals surface area contributed by atoms with Gasteiger partial charge in [-0.25, -0.2) is 0 Å². The first-order valence-electron chi connectivity index (χ1n) is 6.80. The Morgan fingerprint density at radius 1 is 1.22 bits per heavy atom. The van der Waals surface area contributed by atoms with Gasteiger partial charge in [0.1, 0.15) is 0 Å². The van der Waals surface area contributed by atoms with E-state index in [0.29, 0.717) is 12.7 Å². The fraction of sp³-hybridized carbons (Fsp3) is 0.600. The highest BCUT2D eigenvalue weighted by atomic mass is 16.7. The van der Waals surface area contributed by atoms with Gasteiger partial charge in [0.15, 0.2) is 11.5 Å². The number of nitrogens with two attached hydrogens (primary N) is 1. The minimum absolute atomic E-state index is 0.181. The normalized spacial score (nSPS) is 20.0. The number of hydrogen-bond donors (Lipinski definition) is 1. The van der Waals surface area contributed by atoms with Gasteiger partial charge in [-0.3, -0.25) is 0 Å². The van der Waals surface area contributed by atoms with Crippen molar-refractivity contribution >= 4 is 0 Å². The zero-order valence-electron chi connectivity index (χ0n) is 11.2. The number of benzene rings is 1. The van der Waals surface area contributed by atoms with Crippen LogP contribution in [-0.2, 0) is 5.41 Å². The van der Waals surface area contributed by atoms with E-state index in [1.807, 2.05) is 0 Å². The molecule has 3 heteroatoms. The molecule has 0 radical (unpaired) electrons. The van der Waals surface area contributed by atoms with E-state index in [-0.39, 0.29) is 5.41 Å². The van der Waals surface area contributed by atoms with Crippen LogP contribution in [0, 0.1) is 0 Å². The third kappa shape index (κ3) is 1.61. The van der Waals surface area contributed by atoms with E-state index in [9.17, 15) is 0 Å². The van der Waals surface area contributed by atoms with Crippen molar-refractivity contribution in [2.75, 3.05) is 13.3 Å². The Balaban J connectivity index is 2.12. The molecule has 0 amide bonds. The summed E-state index contributed by atoms with van der Waals surface area (Å²) in [6.07, 6.45) is 3.68. The molecule has 0 aromatic heterocycles. The summed E-state index contributed by atoms with van der Waals surface area (Å²) >= 11 is 0. The van der Waals surface area contributed by atoms with Gasteiger partial charge in [-0.2, -0.15) is 0 Å². The van der Waals surface area contributed by atoms with Crippen LogP contribution in [0.4, 0.5) is 0 Å². The Morgan fingerprint density at radius 3 is 2.39 bits per heavy atom. The third-order valence-corrected chi connectivity index (χ3v) is 4.44. The lowest BCUT2D eigenvalue weighted by Gasteiger charge is -2.43. The SMILES string of the molecule is CC(C)c1cc2c(cc1C1(CN)CCC1)OCO2. The molecule has 0 atom stereocenters. The minimum atomic E-state index is 0.181. The van der Waals surface area contributed by atoms with E-state index in [0.717, 1.165) is 18.0 Å². The fourth-order valence-electron chi connectivity index (χ4n) is 3.08. The quantitative estimate of drug-likeness (QED) is 0.893. The highest BCUT2D eigenvalue weighted by Crippen LogP contribution is 2.49. The Morgan fingerprint density at radius 2 is 1.89 bits per heavy atom. The smallest absolute Gasteiger partial charge is 0.231 e. The first-order valence-corrected chi connectivity index (χ1v) is 6.80. The average molecular weight is 247 g/mol. The van der Waals surface area contributed by atoms with Gasteiger partial charge in [-0.15, -0.1) is 0 Å². The van der Waals surface area contributed by atoms with Crippen LogP contribution in [0.2, 0.25) is 0 Å². The van der Waals surface area contributed by atoms with Crippen LogP contribution >= 0.6 is 0 Å². The van der Waals surface area contributed by atoms with Crippen molar-refractivity contribution in [2.45, 2.75) is 44.4 Å². The van der Waals surface area contributed by atoms with Gasteiger partial charge in [0.2, 0.25) is 6.79 Å². The molecule has 1 aliphatic heterocycles. The fourth-order valence-corrected chi connectivity index (χ4v) is 3.08. The van der Waals surface area contributed by atoms with Crippen molar-refractivity contribution in [3.8, 4) is 11.5 Å². The van der Waals surface area contributed by atoms with Gasteiger partial charge in [0.25, 0.3) is 0 Å². The molecule has 18 heavy (non-hydrogen) atoms. The van der Waals surface area contributed by atoms with Crippen molar-refractivity contribution in [1.29, 1.82) is 0 Å². The molecule has 3 rings (SSSR count). The first-order chi connectivity index (χ1) is 8.66.